The van der Waals surface area contributed by atoms with Gasteiger partial charge in [-0.3, -0.25) is 4.68 Å². The second kappa shape index (κ2) is 6.70. The third-order valence-electron chi connectivity index (χ3n) is 4.34. The van der Waals surface area contributed by atoms with Crippen LogP contribution < -0.4 is 5.32 Å². The standard InChI is InChI=1S/C16H23N5OS/c1-4-11-8-17-15(23-11)10-20(2)16(22)19-13-6-5-7-14-12(13)9-18-21(14)3/h8-9,13H,4-7,10H2,1-3H3,(H,19,22)/t13-/m0/s1. The minimum absolute atomic E-state index is 0.0556. The normalized spacial score (nSPS) is 16.9. The Balaban J connectivity index is 1.62. The molecule has 2 aromatic rings. The Morgan fingerprint density at radius 1 is 1.52 bits per heavy atom. The van der Waals surface area contributed by atoms with Crippen LogP contribution in [-0.4, -0.2) is 32.7 Å². The van der Waals surface area contributed by atoms with Crippen LogP contribution in [0.4, 0.5) is 4.79 Å². The highest BCUT2D eigenvalue weighted by Crippen LogP contribution is 2.29. The number of fused-ring (bicyclic) bond motifs is 1. The quantitative estimate of drug-likeness (QED) is 0.935. The number of hydrogen-bond acceptors (Lipinski definition) is 4. The van der Waals surface area contributed by atoms with Gasteiger partial charge in [-0.15, -0.1) is 11.3 Å². The van der Waals surface area contributed by atoms with Crippen molar-refractivity contribution in [3.05, 3.63) is 33.5 Å². The first kappa shape index (κ1) is 16.0. The number of aromatic nitrogens is 3. The largest absolute Gasteiger partial charge is 0.331 e. The summed E-state index contributed by atoms with van der Waals surface area (Å²) in [6, 6.07) is 0.00449. The Labute approximate surface area is 140 Å². The number of carbonyl (C=O) groups is 1. The van der Waals surface area contributed by atoms with Gasteiger partial charge in [0.25, 0.3) is 0 Å². The average Bonchev–Trinajstić information content (AvgIpc) is 3.15. The topological polar surface area (TPSA) is 63.1 Å². The minimum atomic E-state index is -0.0556. The number of nitrogens with zero attached hydrogens (tertiary/aromatic N) is 4. The van der Waals surface area contributed by atoms with E-state index in [1.807, 2.05) is 31.2 Å². The maximum absolute atomic E-state index is 12.5. The number of urea groups is 1. The monoisotopic (exact) mass is 333 g/mol. The summed E-state index contributed by atoms with van der Waals surface area (Å²) >= 11 is 1.67. The van der Waals surface area contributed by atoms with Crippen molar-refractivity contribution in [2.45, 2.75) is 45.2 Å². The zero-order valence-electron chi connectivity index (χ0n) is 13.9. The zero-order chi connectivity index (χ0) is 16.4. The lowest BCUT2D eigenvalue weighted by atomic mass is 9.93. The molecule has 1 N–H and O–H groups in total. The fourth-order valence-corrected chi connectivity index (χ4v) is 3.89. The summed E-state index contributed by atoms with van der Waals surface area (Å²) in [4.78, 5) is 19.8. The van der Waals surface area contributed by atoms with E-state index in [9.17, 15) is 4.79 Å². The van der Waals surface area contributed by atoms with E-state index in [1.165, 1.54) is 10.6 Å². The first-order valence-corrected chi connectivity index (χ1v) is 8.86. The van der Waals surface area contributed by atoms with Crippen LogP contribution in [0.25, 0.3) is 0 Å². The highest BCUT2D eigenvalue weighted by molar-refractivity contribution is 7.11. The van der Waals surface area contributed by atoms with E-state index in [1.54, 1.807) is 16.2 Å². The van der Waals surface area contributed by atoms with Crippen molar-refractivity contribution in [2.75, 3.05) is 7.05 Å². The molecule has 6 nitrogen and oxygen atoms in total. The van der Waals surface area contributed by atoms with E-state index in [4.69, 9.17) is 0 Å². The van der Waals surface area contributed by atoms with Crippen LogP contribution >= 0.6 is 11.3 Å². The van der Waals surface area contributed by atoms with Crippen molar-refractivity contribution in [1.29, 1.82) is 0 Å². The third-order valence-corrected chi connectivity index (χ3v) is 5.47. The molecule has 0 unspecified atom stereocenters. The molecular formula is C16H23N5OS. The highest BCUT2D eigenvalue weighted by atomic mass is 32.1. The summed E-state index contributed by atoms with van der Waals surface area (Å²) in [5.41, 5.74) is 2.39. The van der Waals surface area contributed by atoms with Crippen LogP contribution in [-0.2, 0) is 26.4 Å². The van der Waals surface area contributed by atoms with E-state index in [2.05, 4.69) is 22.3 Å². The molecule has 1 aliphatic carbocycles. The Morgan fingerprint density at radius 2 is 2.35 bits per heavy atom. The molecule has 0 saturated heterocycles. The summed E-state index contributed by atoms with van der Waals surface area (Å²) in [5.74, 6) is 0. The van der Waals surface area contributed by atoms with Gasteiger partial charge >= 0.3 is 6.03 Å². The lowest BCUT2D eigenvalue weighted by molar-refractivity contribution is 0.201. The molecular weight excluding hydrogens is 310 g/mol. The average molecular weight is 333 g/mol. The van der Waals surface area contributed by atoms with E-state index in [-0.39, 0.29) is 12.1 Å². The van der Waals surface area contributed by atoms with Crippen molar-refractivity contribution in [2.24, 2.45) is 7.05 Å². The SMILES string of the molecule is CCc1cnc(CN(C)C(=O)N[C@H]2CCCc3c2cnn3C)s1. The van der Waals surface area contributed by atoms with E-state index >= 15 is 0 Å². The Hall–Kier alpha value is -1.89. The molecule has 2 aromatic heterocycles. The second-order valence-corrected chi connectivity index (χ2v) is 7.19. The molecule has 23 heavy (non-hydrogen) atoms. The van der Waals surface area contributed by atoms with Crippen LogP contribution in [0, 0.1) is 0 Å². The molecule has 0 radical (unpaired) electrons. The van der Waals surface area contributed by atoms with E-state index < -0.39 is 0 Å². The molecule has 3 rings (SSSR count). The van der Waals surface area contributed by atoms with Gasteiger partial charge in [0.1, 0.15) is 5.01 Å². The number of hydrogen-bond donors (Lipinski definition) is 1. The smallest absolute Gasteiger partial charge is 0.318 e. The molecule has 124 valence electrons. The Kier molecular flexibility index (Phi) is 4.66. The van der Waals surface area contributed by atoms with Crippen LogP contribution in [0.5, 0.6) is 0 Å². The number of aryl methyl sites for hydroxylation is 2. The van der Waals surface area contributed by atoms with Gasteiger partial charge in [0.05, 0.1) is 18.8 Å². The first-order valence-electron chi connectivity index (χ1n) is 8.04. The fourth-order valence-electron chi connectivity index (χ4n) is 2.97. The van der Waals surface area contributed by atoms with Crippen molar-refractivity contribution >= 4 is 17.4 Å². The predicted molar refractivity (Wildman–Crippen MR) is 90.4 cm³/mol. The first-order chi connectivity index (χ1) is 11.1. The zero-order valence-corrected chi connectivity index (χ0v) is 14.7. The molecule has 0 spiro atoms. The van der Waals surface area contributed by atoms with Crippen molar-refractivity contribution < 1.29 is 4.79 Å². The summed E-state index contributed by atoms with van der Waals surface area (Å²) < 4.78 is 1.92. The van der Waals surface area contributed by atoms with Gasteiger partial charge in [-0.1, -0.05) is 6.92 Å². The predicted octanol–water partition coefficient (Wildman–Crippen LogP) is 2.66. The summed E-state index contributed by atoms with van der Waals surface area (Å²) in [5, 5.41) is 8.44. The second-order valence-electron chi connectivity index (χ2n) is 5.99. The lowest BCUT2D eigenvalue weighted by Crippen LogP contribution is -2.39. The molecule has 1 atom stereocenters. The van der Waals surface area contributed by atoms with Gasteiger partial charge < -0.3 is 10.2 Å². The van der Waals surface area contributed by atoms with Crippen molar-refractivity contribution in [1.82, 2.24) is 25.0 Å². The lowest BCUT2D eigenvalue weighted by Gasteiger charge is -2.26. The minimum Gasteiger partial charge on any atom is -0.331 e. The molecule has 0 fully saturated rings. The number of amides is 2. The number of carbonyl (C=O) groups excluding carboxylic acids is 1. The van der Waals surface area contributed by atoms with E-state index in [0.29, 0.717) is 6.54 Å². The maximum atomic E-state index is 12.5. The maximum Gasteiger partial charge on any atom is 0.318 e. The van der Waals surface area contributed by atoms with Crippen LogP contribution in [0.1, 0.15) is 46.9 Å². The molecule has 0 saturated carbocycles. The van der Waals surface area contributed by atoms with Crippen LogP contribution in [0.2, 0.25) is 0 Å². The van der Waals surface area contributed by atoms with Crippen LogP contribution in [0.3, 0.4) is 0 Å². The molecule has 0 aromatic carbocycles. The van der Waals surface area contributed by atoms with Gasteiger partial charge in [-0.2, -0.15) is 5.10 Å². The van der Waals surface area contributed by atoms with Crippen LogP contribution in [0.15, 0.2) is 12.4 Å². The number of nitrogens with one attached hydrogen (secondary N) is 1. The molecule has 1 aliphatic rings. The van der Waals surface area contributed by atoms with Crippen molar-refractivity contribution in [3.63, 3.8) is 0 Å². The third kappa shape index (κ3) is 3.39. The number of thiazole rings is 1. The number of rotatable bonds is 4. The molecule has 0 aliphatic heterocycles. The Morgan fingerprint density at radius 3 is 3.09 bits per heavy atom. The molecule has 0 bridgehead atoms. The van der Waals surface area contributed by atoms with E-state index in [0.717, 1.165) is 36.3 Å². The fraction of sp³-hybridized carbons (Fsp3) is 0.562. The molecule has 7 heteroatoms. The van der Waals surface area contributed by atoms with Gasteiger partial charge in [-0.25, -0.2) is 9.78 Å². The Bertz CT molecular complexity index is 692. The van der Waals surface area contributed by atoms with Crippen molar-refractivity contribution in [3.8, 4) is 0 Å². The molecule has 2 amide bonds. The van der Waals surface area contributed by atoms with Gasteiger partial charge in [-0.05, 0) is 25.7 Å². The summed E-state index contributed by atoms with van der Waals surface area (Å²) in [6.07, 6.45) is 7.85. The summed E-state index contributed by atoms with van der Waals surface area (Å²) in [7, 11) is 3.78. The highest BCUT2D eigenvalue weighted by Gasteiger charge is 2.25. The summed E-state index contributed by atoms with van der Waals surface area (Å²) in [6.45, 7) is 2.66. The molecule has 2 heterocycles. The van der Waals surface area contributed by atoms with Gasteiger partial charge in [0.15, 0.2) is 0 Å². The van der Waals surface area contributed by atoms with Gasteiger partial charge in [0, 0.05) is 36.4 Å². The van der Waals surface area contributed by atoms with Gasteiger partial charge in [0.2, 0.25) is 0 Å².